The van der Waals surface area contributed by atoms with Gasteiger partial charge in [-0.2, -0.15) is 0 Å². The molecule has 2 rings (SSSR count). The van der Waals surface area contributed by atoms with Crippen LogP contribution in [0.1, 0.15) is 17.3 Å². The molecule has 0 bridgehead atoms. The number of ether oxygens (including phenoxy) is 2. The van der Waals surface area contributed by atoms with E-state index in [-0.39, 0.29) is 11.3 Å². The molecule has 17 heavy (non-hydrogen) atoms. The van der Waals surface area contributed by atoms with Gasteiger partial charge in [0.05, 0.1) is 20.3 Å². The molecule has 1 amide bonds. The van der Waals surface area contributed by atoms with Crippen LogP contribution in [0.5, 0.6) is 5.75 Å². The average molecular weight is 235 g/mol. The van der Waals surface area contributed by atoms with Gasteiger partial charge in [0.2, 0.25) is 0 Å². The molecule has 1 fully saturated rings. The predicted octanol–water partition coefficient (Wildman–Crippen LogP) is 1.46. The largest absolute Gasteiger partial charge is 0.497 e. The maximum absolute atomic E-state index is 11.8. The topological polar surface area (TPSA) is 47.6 Å². The molecule has 0 radical (unpaired) electrons. The highest BCUT2D eigenvalue weighted by Gasteiger charge is 2.33. The number of carbonyl (C=O) groups excluding carboxylic acids is 1. The van der Waals surface area contributed by atoms with E-state index >= 15 is 0 Å². The number of hydrogen-bond acceptors (Lipinski definition) is 3. The second kappa shape index (κ2) is 4.75. The van der Waals surface area contributed by atoms with Crippen LogP contribution in [0, 0.1) is 5.41 Å². The third-order valence-corrected chi connectivity index (χ3v) is 2.93. The van der Waals surface area contributed by atoms with E-state index < -0.39 is 0 Å². The van der Waals surface area contributed by atoms with Crippen LogP contribution in [0.3, 0.4) is 0 Å². The van der Waals surface area contributed by atoms with E-state index in [0.717, 1.165) is 19.0 Å². The third-order valence-electron chi connectivity index (χ3n) is 2.93. The Kier molecular flexibility index (Phi) is 3.33. The van der Waals surface area contributed by atoms with E-state index in [0.29, 0.717) is 12.1 Å². The van der Waals surface area contributed by atoms with Crippen molar-refractivity contribution in [3.8, 4) is 5.75 Å². The van der Waals surface area contributed by atoms with Gasteiger partial charge in [0.15, 0.2) is 0 Å². The van der Waals surface area contributed by atoms with Crippen molar-refractivity contribution >= 4 is 5.91 Å². The molecule has 1 heterocycles. The van der Waals surface area contributed by atoms with Crippen LogP contribution in [-0.2, 0) is 4.74 Å². The quantitative estimate of drug-likeness (QED) is 0.859. The van der Waals surface area contributed by atoms with Crippen molar-refractivity contribution in [2.45, 2.75) is 6.92 Å². The zero-order valence-electron chi connectivity index (χ0n) is 10.2. The maximum Gasteiger partial charge on any atom is 0.251 e. The predicted molar refractivity (Wildman–Crippen MR) is 64.3 cm³/mol. The summed E-state index contributed by atoms with van der Waals surface area (Å²) in [6, 6.07) is 7.08. The van der Waals surface area contributed by atoms with E-state index in [1.54, 1.807) is 31.4 Å². The molecular weight excluding hydrogens is 218 g/mol. The van der Waals surface area contributed by atoms with Crippen molar-refractivity contribution in [1.82, 2.24) is 5.32 Å². The van der Waals surface area contributed by atoms with Crippen LogP contribution in [-0.4, -0.2) is 32.8 Å². The van der Waals surface area contributed by atoms with Crippen LogP contribution >= 0.6 is 0 Å². The van der Waals surface area contributed by atoms with E-state index in [9.17, 15) is 4.79 Å². The normalized spacial score (nSPS) is 17.1. The number of amides is 1. The van der Waals surface area contributed by atoms with Crippen molar-refractivity contribution in [2.24, 2.45) is 5.41 Å². The Morgan fingerprint density at radius 1 is 1.41 bits per heavy atom. The Morgan fingerprint density at radius 3 is 2.53 bits per heavy atom. The van der Waals surface area contributed by atoms with Crippen LogP contribution < -0.4 is 10.1 Å². The molecule has 1 aromatic carbocycles. The summed E-state index contributed by atoms with van der Waals surface area (Å²) >= 11 is 0. The van der Waals surface area contributed by atoms with Crippen molar-refractivity contribution < 1.29 is 14.3 Å². The fourth-order valence-corrected chi connectivity index (χ4v) is 1.69. The van der Waals surface area contributed by atoms with Gasteiger partial charge in [-0.15, -0.1) is 0 Å². The first-order valence-electron chi connectivity index (χ1n) is 5.63. The number of nitrogens with one attached hydrogen (secondary N) is 1. The standard InChI is InChI=1S/C13H17NO3/c1-13(8-17-9-13)7-14-12(15)10-3-5-11(16-2)6-4-10/h3-6H,7-9H2,1-2H3,(H,14,15). The number of rotatable bonds is 4. The second-order valence-electron chi connectivity index (χ2n) is 4.71. The fraction of sp³-hybridized carbons (Fsp3) is 0.462. The van der Waals surface area contributed by atoms with Crippen LogP contribution in [0.15, 0.2) is 24.3 Å². The lowest BCUT2D eigenvalue weighted by atomic mass is 9.88. The second-order valence-corrected chi connectivity index (χ2v) is 4.71. The summed E-state index contributed by atoms with van der Waals surface area (Å²) in [6.07, 6.45) is 0. The molecule has 0 unspecified atom stereocenters. The lowest BCUT2D eigenvalue weighted by Gasteiger charge is -2.38. The summed E-state index contributed by atoms with van der Waals surface area (Å²) in [6.45, 7) is 4.19. The number of benzene rings is 1. The van der Waals surface area contributed by atoms with E-state index in [4.69, 9.17) is 9.47 Å². The summed E-state index contributed by atoms with van der Waals surface area (Å²) in [5.74, 6) is 0.696. The van der Waals surface area contributed by atoms with Gasteiger partial charge in [0.25, 0.3) is 5.91 Å². The monoisotopic (exact) mass is 235 g/mol. The molecular formula is C13H17NO3. The number of carbonyl (C=O) groups is 1. The van der Waals surface area contributed by atoms with Gasteiger partial charge in [-0.3, -0.25) is 4.79 Å². The van der Waals surface area contributed by atoms with Gasteiger partial charge in [-0.1, -0.05) is 6.92 Å². The fourth-order valence-electron chi connectivity index (χ4n) is 1.69. The highest BCUT2D eigenvalue weighted by molar-refractivity contribution is 5.94. The van der Waals surface area contributed by atoms with E-state index in [2.05, 4.69) is 12.2 Å². The SMILES string of the molecule is COc1ccc(C(=O)NCC2(C)COC2)cc1. The molecule has 0 aliphatic carbocycles. The van der Waals surface area contributed by atoms with Gasteiger partial charge < -0.3 is 14.8 Å². The van der Waals surface area contributed by atoms with Gasteiger partial charge in [-0.25, -0.2) is 0 Å². The molecule has 4 nitrogen and oxygen atoms in total. The molecule has 0 saturated carbocycles. The van der Waals surface area contributed by atoms with Crippen LogP contribution in [0.25, 0.3) is 0 Å². The lowest BCUT2D eigenvalue weighted by Crippen LogP contribution is -2.48. The molecule has 0 aromatic heterocycles. The van der Waals surface area contributed by atoms with Crippen molar-refractivity contribution in [3.05, 3.63) is 29.8 Å². The zero-order chi connectivity index (χ0) is 12.3. The Hall–Kier alpha value is -1.55. The summed E-state index contributed by atoms with van der Waals surface area (Å²) in [7, 11) is 1.60. The highest BCUT2D eigenvalue weighted by atomic mass is 16.5. The Labute approximate surface area is 101 Å². The first-order valence-corrected chi connectivity index (χ1v) is 5.63. The molecule has 1 aliphatic heterocycles. The average Bonchev–Trinajstić information content (AvgIpc) is 2.33. The third kappa shape index (κ3) is 2.77. The zero-order valence-corrected chi connectivity index (χ0v) is 10.2. The molecule has 0 spiro atoms. The summed E-state index contributed by atoms with van der Waals surface area (Å²) < 4.78 is 10.2. The maximum atomic E-state index is 11.8. The van der Waals surface area contributed by atoms with Crippen LogP contribution in [0.4, 0.5) is 0 Å². The molecule has 92 valence electrons. The minimum absolute atomic E-state index is 0.0548. The lowest BCUT2D eigenvalue weighted by molar-refractivity contribution is -0.0978. The van der Waals surface area contributed by atoms with Gasteiger partial charge >= 0.3 is 0 Å². The Balaban J connectivity index is 1.90. The van der Waals surface area contributed by atoms with E-state index in [1.165, 1.54) is 0 Å². The number of hydrogen-bond donors (Lipinski definition) is 1. The van der Waals surface area contributed by atoms with Gasteiger partial charge in [-0.05, 0) is 24.3 Å². The molecule has 1 aromatic rings. The Morgan fingerprint density at radius 2 is 2.06 bits per heavy atom. The van der Waals surface area contributed by atoms with Crippen molar-refractivity contribution in [1.29, 1.82) is 0 Å². The van der Waals surface area contributed by atoms with Crippen molar-refractivity contribution in [2.75, 3.05) is 26.9 Å². The molecule has 4 heteroatoms. The minimum atomic E-state index is -0.0548. The molecule has 1 saturated heterocycles. The van der Waals surface area contributed by atoms with Gasteiger partial charge in [0, 0.05) is 17.5 Å². The number of methoxy groups -OCH3 is 1. The molecule has 1 aliphatic rings. The highest BCUT2D eigenvalue weighted by Crippen LogP contribution is 2.25. The molecule has 1 N–H and O–H groups in total. The van der Waals surface area contributed by atoms with Crippen molar-refractivity contribution in [3.63, 3.8) is 0 Å². The summed E-state index contributed by atoms with van der Waals surface area (Å²) in [4.78, 5) is 11.8. The smallest absolute Gasteiger partial charge is 0.251 e. The first kappa shape index (κ1) is 11.9. The van der Waals surface area contributed by atoms with Crippen LogP contribution in [0.2, 0.25) is 0 Å². The summed E-state index contributed by atoms with van der Waals surface area (Å²) in [5.41, 5.74) is 0.747. The Bertz CT molecular complexity index is 396. The van der Waals surface area contributed by atoms with Gasteiger partial charge in [0.1, 0.15) is 5.75 Å². The molecule has 0 atom stereocenters. The van der Waals surface area contributed by atoms with E-state index in [1.807, 2.05) is 0 Å². The first-order chi connectivity index (χ1) is 8.13. The summed E-state index contributed by atoms with van der Waals surface area (Å²) in [5, 5.41) is 2.92. The minimum Gasteiger partial charge on any atom is -0.497 e.